The standard InChI is InChI=1S/C46H32S2/c1-46(2,3)29-20-23-33-32-21-18-27(30-12-8-14-37-35-10-4-6-16-42(35)47-44(30)37)24-39(32)40-25-28(19-22-34(40)41(33)26-29)31-13-9-15-38-36-11-5-7-17-43(36)48-45(31)38/h4-26H,1-3H3. The number of hydrogen-bond acceptors (Lipinski definition) is 2. The first-order chi connectivity index (χ1) is 23.4. The van der Waals surface area contributed by atoms with Crippen molar-refractivity contribution >= 4 is 95.3 Å². The van der Waals surface area contributed by atoms with Gasteiger partial charge in [-0.2, -0.15) is 0 Å². The fraction of sp³-hybridized carbons (Fsp3) is 0.0870. The molecule has 8 aromatic carbocycles. The van der Waals surface area contributed by atoms with Crippen LogP contribution in [0.4, 0.5) is 0 Å². The molecule has 0 bridgehead atoms. The van der Waals surface area contributed by atoms with Gasteiger partial charge in [-0.25, -0.2) is 0 Å². The molecule has 0 aliphatic heterocycles. The Kier molecular flexibility index (Phi) is 5.98. The Labute approximate surface area is 287 Å². The molecule has 0 saturated heterocycles. The topological polar surface area (TPSA) is 0 Å². The van der Waals surface area contributed by atoms with Gasteiger partial charge in [0.05, 0.1) is 0 Å². The normalized spacial score (nSPS) is 12.5. The van der Waals surface area contributed by atoms with Gasteiger partial charge in [0.25, 0.3) is 0 Å². The van der Waals surface area contributed by atoms with Crippen molar-refractivity contribution in [3.63, 3.8) is 0 Å². The molecule has 0 atom stereocenters. The highest BCUT2D eigenvalue weighted by molar-refractivity contribution is 7.26. The van der Waals surface area contributed by atoms with Crippen LogP contribution in [0.15, 0.2) is 140 Å². The Hall–Kier alpha value is -5.02. The lowest BCUT2D eigenvalue weighted by Crippen LogP contribution is -2.10. The van der Waals surface area contributed by atoms with E-state index in [4.69, 9.17) is 0 Å². The van der Waals surface area contributed by atoms with E-state index in [1.54, 1.807) is 0 Å². The molecule has 0 N–H and O–H groups in total. The summed E-state index contributed by atoms with van der Waals surface area (Å²) in [6, 6.07) is 52.6. The van der Waals surface area contributed by atoms with Gasteiger partial charge in [0.15, 0.2) is 0 Å². The van der Waals surface area contributed by atoms with Crippen LogP contribution in [0.1, 0.15) is 26.3 Å². The van der Waals surface area contributed by atoms with Crippen LogP contribution in [0.2, 0.25) is 0 Å². The third kappa shape index (κ3) is 4.13. The van der Waals surface area contributed by atoms with E-state index in [1.807, 2.05) is 22.7 Å². The van der Waals surface area contributed by atoms with Crippen LogP contribution >= 0.6 is 22.7 Å². The molecular weight excluding hydrogens is 617 g/mol. The minimum atomic E-state index is 0.0685. The number of rotatable bonds is 2. The molecule has 0 saturated carbocycles. The van der Waals surface area contributed by atoms with Gasteiger partial charge < -0.3 is 0 Å². The van der Waals surface area contributed by atoms with Crippen molar-refractivity contribution in [3.05, 3.63) is 145 Å². The first-order valence-corrected chi connectivity index (χ1v) is 18.3. The third-order valence-corrected chi connectivity index (χ3v) is 12.7. The number of hydrogen-bond donors (Lipinski definition) is 0. The second-order valence-corrected chi connectivity index (χ2v) is 16.2. The maximum atomic E-state index is 2.46. The average molecular weight is 649 g/mol. The van der Waals surface area contributed by atoms with Gasteiger partial charge in [-0.1, -0.05) is 130 Å². The average Bonchev–Trinajstić information content (AvgIpc) is 3.69. The summed E-state index contributed by atoms with van der Waals surface area (Å²) in [4.78, 5) is 0. The molecule has 0 amide bonds. The van der Waals surface area contributed by atoms with Crippen LogP contribution in [0.3, 0.4) is 0 Å². The Morgan fingerprint density at radius 1 is 0.354 bits per heavy atom. The summed E-state index contributed by atoms with van der Waals surface area (Å²) in [5, 5.41) is 13.2. The molecule has 10 aromatic rings. The van der Waals surface area contributed by atoms with Crippen molar-refractivity contribution in [2.24, 2.45) is 0 Å². The summed E-state index contributed by atoms with van der Waals surface area (Å²) in [5.74, 6) is 0. The van der Waals surface area contributed by atoms with Gasteiger partial charge in [0.1, 0.15) is 0 Å². The highest BCUT2D eigenvalue weighted by atomic mass is 32.1. The zero-order chi connectivity index (χ0) is 32.1. The maximum absolute atomic E-state index is 2.46. The molecule has 10 rings (SSSR count). The Morgan fingerprint density at radius 3 is 1.31 bits per heavy atom. The van der Waals surface area contributed by atoms with E-state index in [1.165, 1.54) is 100 Å². The molecule has 0 spiro atoms. The largest absolute Gasteiger partial charge is 0.135 e. The maximum Gasteiger partial charge on any atom is 0.0433 e. The number of thiophene rings is 2. The Bertz CT molecular complexity index is 2930. The molecule has 2 aromatic heterocycles. The quantitative estimate of drug-likeness (QED) is 0.164. The molecular formula is C46H32S2. The van der Waals surface area contributed by atoms with Crippen molar-refractivity contribution in [3.8, 4) is 22.3 Å². The van der Waals surface area contributed by atoms with E-state index in [0.29, 0.717) is 0 Å². The second-order valence-electron chi connectivity index (χ2n) is 14.1. The van der Waals surface area contributed by atoms with Crippen LogP contribution in [0, 0.1) is 0 Å². The summed E-state index contributed by atoms with van der Waals surface area (Å²) < 4.78 is 5.39. The van der Waals surface area contributed by atoms with Gasteiger partial charge in [-0.15, -0.1) is 22.7 Å². The van der Waals surface area contributed by atoms with Gasteiger partial charge in [0, 0.05) is 40.3 Å². The van der Waals surface area contributed by atoms with Crippen LogP contribution in [0.5, 0.6) is 0 Å². The van der Waals surface area contributed by atoms with E-state index >= 15 is 0 Å². The van der Waals surface area contributed by atoms with Crippen molar-refractivity contribution in [1.29, 1.82) is 0 Å². The molecule has 48 heavy (non-hydrogen) atoms. The number of benzene rings is 8. The van der Waals surface area contributed by atoms with Crippen LogP contribution in [-0.4, -0.2) is 0 Å². The first kappa shape index (κ1) is 28.0. The van der Waals surface area contributed by atoms with Crippen molar-refractivity contribution in [1.82, 2.24) is 0 Å². The highest BCUT2D eigenvalue weighted by Crippen LogP contribution is 2.45. The van der Waals surface area contributed by atoms with Crippen LogP contribution in [-0.2, 0) is 5.41 Å². The van der Waals surface area contributed by atoms with E-state index in [0.717, 1.165) is 0 Å². The smallest absolute Gasteiger partial charge is 0.0433 e. The van der Waals surface area contributed by atoms with Gasteiger partial charge in [-0.05, 0) is 95.9 Å². The van der Waals surface area contributed by atoms with Gasteiger partial charge in [-0.3, -0.25) is 0 Å². The van der Waals surface area contributed by atoms with E-state index in [-0.39, 0.29) is 5.41 Å². The Morgan fingerprint density at radius 2 is 0.792 bits per heavy atom. The minimum absolute atomic E-state index is 0.0685. The monoisotopic (exact) mass is 648 g/mol. The van der Waals surface area contributed by atoms with Crippen LogP contribution in [0.25, 0.3) is 94.9 Å². The van der Waals surface area contributed by atoms with E-state index < -0.39 is 0 Å². The summed E-state index contributed by atoms with van der Waals surface area (Å²) in [7, 11) is 0. The molecule has 0 nitrogen and oxygen atoms in total. The predicted molar refractivity (Wildman–Crippen MR) is 214 cm³/mol. The van der Waals surface area contributed by atoms with Gasteiger partial charge >= 0.3 is 0 Å². The summed E-state index contributed by atoms with van der Waals surface area (Å²) in [6.07, 6.45) is 0. The van der Waals surface area contributed by atoms with Crippen molar-refractivity contribution < 1.29 is 0 Å². The molecule has 0 radical (unpaired) electrons. The Balaban J connectivity index is 1.28. The molecule has 0 fully saturated rings. The first-order valence-electron chi connectivity index (χ1n) is 16.7. The SMILES string of the molecule is CC(C)(C)c1ccc2c3ccc(-c4cccc5c4sc4ccccc45)cc3c3cc(-c4cccc5c4sc4ccccc45)ccc3c2c1. The van der Waals surface area contributed by atoms with E-state index in [2.05, 4.69) is 160 Å². The van der Waals surface area contributed by atoms with E-state index in [9.17, 15) is 0 Å². The lowest BCUT2D eigenvalue weighted by molar-refractivity contribution is 0.591. The lowest BCUT2D eigenvalue weighted by atomic mass is 9.83. The fourth-order valence-corrected chi connectivity index (χ4v) is 10.2. The van der Waals surface area contributed by atoms with Crippen molar-refractivity contribution in [2.45, 2.75) is 26.2 Å². The molecule has 0 aliphatic carbocycles. The number of fused-ring (bicyclic) bond motifs is 12. The lowest BCUT2D eigenvalue weighted by Gasteiger charge is -2.21. The molecule has 0 unspecified atom stereocenters. The molecule has 2 heteroatoms. The van der Waals surface area contributed by atoms with Crippen LogP contribution < -0.4 is 0 Å². The summed E-state index contributed by atoms with van der Waals surface area (Å²) >= 11 is 3.81. The second kappa shape index (κ2) is 10.2. The van der Waals surface area contributed by atoms with Gasteiger partial charge in [0.2, 0.25) is 0 Å². The zero-order valence-corrected chi connectivity index (χ0v) is 28.7. The fourth-order valence-electron chi connectivity index (χ4n) is 7.76. The summed E-state index contributed by atoms with van der Waals surface area (Å²) in [6.45, 7) is 6.92. The van der Waals surface area contributed by atoms with Crippen molar-refractivity contribution in [2.75, 3.05) is 0 Å². The predicted octanol–water partition coefficient (Wildman–Crippen LogP) is 14.5. The molecule has 2 heterocycles. The minimum Gasteiger partial charge on any atom is -0.135 e. The molecule has 228 valence electrons. The molecule has 0 aliphatic rings. The zero-order valence-electron chi connectivity index (χ0n) is 27.1. The third-order valence-electron chi connectivity index (χ3n) is 10.2. The highest BCUT2D eigenvalue weighted by Gasteiger charge is 2.19. The summed E-state index contributed by atoms with van der Waals surface area (Å²) in [5.41, 5.74) is 6.58.